The van der Waals surface area contributed by atoms with Crippen molar-refractivity contribution in [2.24, 2.45) is 0 Å². The van der Waals surface area contributed by atoms with Crippen LogP contribution in [0.5, 0.6) is 11.5 Å². The lowest BCUT2D eigenvalue weighted by Crippen LogP contribution is -2.25. The molecule has 1 aromatic carbocycles. The molecule has 106 valence electrons. The van der Waals surface area contributed by atoms with Gasteiger partial charge in [-0.1, -0.05) is 6.07 Å². The number of benzene rings is 1. The zero-order chi connectivity index (χ0) is 14.5. The molecule has 1 aliphatic rings. The van der Waals surface area contributed by atoms with Crippen LogP contribution in [0.4, 0.5) is 0 Å². The number of nitrogens with one attached hydrogen (secondary N) is 1. The highest BCUT2D eigenvalue weighted by Crippen LogP contribution is 2.32. The van der Waals surface area contributed by atoms with E-state index in [2.05, 4.69) is 5.32 Å². The Balaban J connectivity index is 2.04. The molecule has 0 bridgehead atoms. The molecule has 20 heavy (non-hydrogen) atoms. The molecule has 1 aromatic rings. The third kappa shape index (κ3) is 3.50. The van der Waals surface area contributed by atoms with Crippen LogP contribution in [0.2, 0.25) is 0 Å². The second kappa shape index (κ2) is 6.10. The van der Waals surface area contributed by atoms with Crippen molar-refractivity contribution in [2.75, 3.05) is 13.2 Å². The van der Waals surface area contributed by atoms with Crippen molar-refractivity contribution in [3.63, 3.8) is 0 Å². The molecule has 0 fully saturated rings. The first-order chi connectivity index (χ1) is 9.56. The molecule has 0 aromatic heterocycles. The summed E-state index contributed by atoms with van der Waals surface area (Å²) < 4.78 is 10.9. The number of hydrogen-bond donors (Lipinski definition) is 2. The van der Waals surface area contributed by atoms with Crippen molar-refractivity contribution in [2.45, 2.75) is 13.0 Å². The van der Waals surface area contributed by atoms with Gasteiger partial charge < -0.3 is 19.9 Å². The van der Waals surface area contributed by atoms with E-state index < -0.39 is 11.9 Å². The number of amides is 1. The van der Waals surface area contributed by atoms with Gasteiger partial charge in [0.25, 0.3) is 0 Å². The van der Waals surface area contributed by atoms with E-state index in [4.69, 9.17) is 14.6 Å². The van der Waals surface area contributed by atoms with Gasteiger partial charge in [-0.3, -0.25) is 4.79 Å². The second-order valence-electron chi connectivity index (χ2n) is 4.30. The minimum Gasteiger partial charge on any atom is -0.486 e. The highest BCUT2D eigenvalue weighted by Gasteiger charge is 2.15. The van der Waals surface area contributed by atoms with E-state index >= 15 is 0 Å². The number of aliphatic carboxylic acids is 1. The van der Waals surface area contributed by atoms with Gasteiger partial charge in [0.1, 0.15) is 13.2 Å². The summed E-state index contributed by atoms with van der Waals surface area (Å²) in [5, 5.41) is 11.1. The first kappa shape index (κ1) is 13.9. The van der Waals surface area contributed by atoms with Gasteiger partial charge >= 0.3 is 5.97 Å². The number of hydrogen-bond acceptors (Lipinski definition) is 4. The maximum absolute atomic E-state index is 11.5. The standard InChI is InChI=1S/C14H15NO5/c1-9(15-13(16)4-5-14(17)18)10-2-3-11-12(8-10)20-7-6-19-11/h2-5,8-9H,6-7H2,1H3,(H,15,16)(H,17,18)/b5-4+. The number of carbonyl (C=O) groups is 2. The number of ether oxygens (including phenoxy) is 2. The van der Waals surface area contributed by atoms with Crippen molar-refractivity contribution >= 4 is 11.9 Å². The quantitative estimate of drug-likeness (QED) is 0.810. The highest BCUT2D eigenvalue weighted by atomic mass is 16.6. The van der Waals surface area contributed by atoms with Crippen molar-refractivity contribution in [1.29, 1.82) is 0 Å². The van der Waals surface area contributed by atoms with Crippen molar-refractivity contribution in [3.05, 3.63) is 35.9 Å². The summed E-state index contributed by atoms with van der Waals surface area (Å²) in [6, 6.07) is 5.16. The molecule has 6 nitrogen and oxygen atoms in total. The van der Waals surface area contributed by atoms with Gasteiger partial charge in [0.2, 0.25) is 5.91 Å². The fourth-order valence-electron chi connectivity index (χ4n) is 1.82. The average Bonchev–Trinajstić information content (AvgIpc) is 2.44. The molecule has 1 unspecified atom stereocenters. The molecular weight excluding hydrogens is 262 g/mol. The molecular formula is C14H15NO5. The summed E-state index contributed by atoms with van der Waals surface area (Å²) in [5.41, 5.74) is 0.853. The first-order valence-corrected chi connectivity index (χ1v) is 6.17. The summed E-state index contributed by atoms with van der Waals surface area (Å²) in [6.45, 7) is 2.83. The number of fused-ring (bicyclic) bond motifs is 1. The highest BCUT2D eigenvalue weighted by molar-refractivity contribution is 5.94. The van der Waals surface area contributed by atoms with Crippen molar-refractivity contribution < 1.29 is 24.2 Å². The lowest BCUT2D eigenvalue weighted by atomic mass is 10.1. The van der Waals surface area contributed by atoms with Crippen LogP contribution >= 0.6 is 0 Å². The summed E-state index contributed by atoms with van der Waals surface area (Å²) >= 11 is 0. The van der Waals surface area contributed by atoms with Crippen LogP contribution < -0.4 is 14.8 Å². The van der Waals surface area contributed by atoms with Crippen molar-refractivity contribution in [1.82, 2.24) is 5.32 Å². The number of carbonyl (C=O) groups excluding carboxylic acids is 1. The van der Waals surface area contributed by atoms with Gasteiger partial charge in [0.05, 0.1) is 6.04 Å². The van der Waals surface area contributed by atoms with E-state index in [0.29, 0.717) is 24.7 Å². The molecule has 1 amide bonds. The fourth-order valence-corrected chi connectivity index (χ4v) is 1.82. The van der Waals surface area contributed by atoms with E-state index in [1.54, 1.807) is 19.1 Å². The summed E-state index contributed by atoms with van der Waals surface area (Å²) in [4.78, 5) is 21.8. The monoisotopic (exact) mass is 277 g/mol. The second-order valence-corrected chi connectivity index (χ2v) is 4.30. The van der Waals surface area contributed by atoms with Gasteiger partial charge in [0, 0.05) is 12.2 Å². The predicted molar refractivity (Wildman–Crippen MR) is 70.8 cm³/mol. The van der Waals surface area contributed by atoms with E-state index in [9.17, 15) is 9.59 Å². The molecule has 2 rings (SSSR count). The summed E-state index contributed by atoms with van der Waals surface area (Å²) in [6.07, 6.45) is 1.78. The molecule has 0 saturated carbocycles. The lowest BCUT2D eigenvalue weighted by Gasteiger charge is -2.20. The van der Waals surface area contributed by atoms with Crippen LogP contribution in [0.15, 0.2) is 30.4 Å². The molecule has 0 spiro atoms. The van der Waals surface area contributed by atoms with Crippen LogP contribution in [0.25, 0.3) is 0 Å². The minimum atomic E-state index is -1.16. The zero-order valence-electron chi connectivity index (χ0n) is 11.0. The van der Waals surface area contributed by atoms with Gasteiger partial charge in [-0.2, -0.15) is 0 Å². The minimum absolute atomic E-state index is 0.267. The third-order valence-electron chi connectivity index (χ3n) is 2.80. The van der Waals surface area contributed by atoms with E-state index in [-0.39, 0.29) is 6.04 Å². The lowest BCUT2D eigenvalue weighted by molar-refractivity contribution is -0.131. The normalized spacial score (nSPS) is 14.8. The van der Waals surface area contributed by atoms with Crippen LogP contribution in [-0.2, 0) is 9.59 Å². The number of carboxylic acids is 1. The number of carboxylic acid groups (broad SMARTS) is 1. The molecule has 1 aliphatic heterocycles. The Morgan fingerprint density at radius 1 is 1.25 bits per heavy atom. The SMILES string of the molecule is CC(NC(=O)/C=C/C(=O)O)c1ccc2c(c1)OCCO2. The van der Waals surface area contributed by atoms with E-state index in [1.807, 2.05) is 6.07 Å². The molecule has 6 heteroatoms. The van der Waals surface area contributed by atoms with Crippen molar-refractivity contribution in [3.8, 4) is 11.5 Å². The molecule has 0 saturated heterocycles. The fraction of sp³-hybridized carbons (Fsp3) is 0.286. The molecule has 0 aliphatic carbocycles. The maximum Gasteiger partial charge on any atom is 0.328 e. The predicted octanol–water partition coefficient (Wildman–Crippen LogP) is 1.28. The van der Waals surface area contributed by atoms with Crippen LogP contribution in [0.3, 0.4) is 0 Å². The molecule has 0 radical (unpaired) electrons. The largest absolute Gasteiger partial charge is 0.486 e. The summed E-state index contributed by atoms with van der Waals surface area (Å²) in [5.74, 6) is -0.290. The molecule has 1 heterocycles. The average molecular weight is 277 g/mol. The van der Waals surface area contributed by atoms with E-state index in [0.717, 1.165) is 17.7 Å². The Morgan fingerprint density at radius 2 is 1.95 bits per heavy atom. The Morgan fingerprint density at radius 3 is 2.65 bits per heavy atom. The van der Waals surface area contributed by atoms with Gasteiger partial charge in [-0.05, 0) is 24.6 Å². The Kier molecular flexibility index (Phi) is 4.24. The summed E-state index contributed by atoms with van der Waals surface area (Å²) in [7, 11) is 0. The number of rotatable bonds is 4. The first-order valence-electron chi connectivity index (χ1n) is 6.17. The van der Waals surface area contributed by atoms with Gasteiger partial charge in [-0.15, -0.1) is 0 Å². The van der Waals surface area contributed by atoms with Crippen LogP contribution in [-0.4, -0.2) is 30.2 Å². The Bertz CT molecular complexity index is 552. The Labute approximate surface area is 116 Å². The Hall–Kier alpha value is -2.50. The van der Waals surface area contributed by atoms with Crippen LogP contribution in [0.1, 0.15) is 18.5 Å². The third-order valence-corrected chi connectivity index (χ3v) is 2.80. The molecule has 1 atom stereocenters. The topological polar surface area (TPSA) is 84.9 Å². The van der Waals surface area contributed by atoms with E-state index in [1.165, 1.54) is 0 Å². The maximum atomic E-state index is 11.5. The zero-order valence-corrected chi connectivity index (χ0v) is 11.0. The van der Waals surface area contributed by atoms with Gasteiger partial charge in [-0.25, -0.2) is 4.79 Å². The van der Waals surface area contributed by atoms with Crippen LogP contribution in [0, 0.1) is 0 Å². The van der Waals surface area contributed by atoms with Gasteiger partial charge in [0.15, 0.2) is 11.5 Å². The molecule has 2 N–H and O–H groups in total. The smallest absolute Gasteiger partial charge is 0.328 e.